The van der Waals surface area contributed by atoms with Crippen molar-refractivity contribution in [1.29, 1.82) is 0 Å². The maximum absolute atomic E-state index is 7.17. The van der Waals surface area contributed by atoms with Crippen LogP contribution in [0.15, 0.2) is 191 Å². The first-order valence-electron chi connectivity index (χ1n) is 28.6. The number of ether oxygens (including phenoxy) is 1. The SMILES string of the molecule is Cc1nc2c3ccccc3oc2c2c1oc1c(-c3nc4ccccc4n3-c3c(C(C)C)cc(-c4ccccc4)cc3C(C)C)[c-]c(Oc3[c-]c(-c4nc5ccccc5n4-c4c(C(C)C)cc(-c5ccccc5)cc4C(C)C)ccc3)cc12.[Pt+2]. The molecule has 0 aliphatic carbocycles. The van der Waals surface area contributed by atoms with Gasteiger partial charge in [0.2, 0.25) is 0 Å². The molecule has 0 spiro atoms. The molecule has 14 aromatic rings. The van der Waals surface area contributed by atoms with Crippen LogP contribution in [-0.2, 0) is 21.1 Å². The van der Waals surface area contributed by atoms with Gasteiger partial charge in [-0.3, -0.25) is 9.97 Å². The Kier molecular flexibility index (Phi) is 13.6. The molecule has 0 aliphatic heterocycles. The van der Waals surface area contributed by atoms with Crippen molar-refractivity contribution in [3.63, 3.8) is 0 Å². The number of para-hydroxylation sites is 5. The second kappa shape index (κ2) is 21.2. The summed E-state index contributed by atoms with van der Waals surface area (Å²) in [6, 6.07) is 71.2. The molecule has 0 N–H and O–H groups in total. The molecule has 0 saturated heterocycles. The number of pyridine rings is 1. The summed E-state index contributed by atoms with van der Waals surface area (Å²) in [4.78, 5) is 16.1. The zero-order chi connectivity index (χ0) is 56.1. The Bertz CT molecular complexity index is 4750. The Labute approximate surface area is 497 Å². The van der Waals surface area contributed by atoms with Gasteiger partial charge in [-0.05, 0) is 141 Å². The van der Waals surface area contributed by atoms with Crippen LogP contribution in [0.25, 0.3) is 122 Å². The molecule has 9 heteroatoms. The number of hydrogen-bond acceptors (Lipinski definition) is 6. The average molecular weight is 1260 g/mol. The first kappa shape index (κ1) is 53.5. The summed E-state index contributed by atoms with van der Waals surface area (Å²) in [6.07, 6.45) is 0. The third-order valence-electron chi connectivity index (χ3n) is 16.2. The van der Waals surface area contributed by atoms with E-state index in [2.05, 4.69) is 216 Å². The van der Waals surface area contributed by atoms with Crippen molar-refractivity contribution in [2.24, 2.45) is 0 Å². The van der Waals surface area contributed by atoms with Crippen LogP contribution in [0.4, 0.5) is 0 Å². The van der Waals surface area contributed by atoms with Crippen LogP contribution in [0, 0.1) is 19.1 Å². The summed E-state index contributed by atoms with van der Waals surface area (Å²) in [5, 5.41) is 2.53. The number of imidazole rings is 2. The Hall–Kier alpha value is -8.84. The van der Waals surface area contributed by atoms with Crippen LogP contribution in [0.3, 0.4) is 0 Å². The number of fused-ring (bicyclic) bond motifs is 9. The molecule has 0 bridgehead atoms. The van der Waals surface area contributed by atoms with Crippen LogP contribution < -0.4 is 4.74 Å². The van der Waals surface area contributed by atoms with Gasteiger partial charge in [0, 0.05) is 28.3 Å². The predicted molar refractivity (Wildman–Crippen MR) is 335 cm³/mol. The molecule has 8 nitrogen and oxygen atoms in total. The summed E-state index contributed by atoms with van der Waals surface area (Å²) in [5.41, 5.74) is 21.2. The summed E-state index contributed by atoms with van der Waals surface area (Å²) < 4.78 is 25.8. The van der Waals surface area contributed by atoms with Crippen molar-refractivity contribution in [3.8, 4) is 67.9 Å². The zero-order valence-corrected chi connectivity index (χ0v) is 50.2. The fourth-order valence-electron chi connectivity index (χ4n) is 12.2. The Morgan fingerprint density at radius 1 is 0.434 bits per heavy atom. The normalized spacial score (nSPS) is 12.0. The number of hydrogen-bond donors (Lipinski definition) is 0. The minimum Gasteiger partial charge on any atom is -0.498 e. The van der Waals surface area contributed by atoms with Gasteiger partial charge in [-0.2, -0.15) is 0 Å². The minimum absolute atomic E-state index is 0. The molecule has 410 valence electrons. The van der Waals surface area contributed by atoms with Gasteiger partial charge < -0.3 is 22.7 Å². The van der Waals surface area contributed by atoms with E-state index >= 15 is 0 Å². The van der Waals surface area contributed by atoms with Crippen LogP contribution in [0.2, 0.25) is 0 Å². The van der Waals surface area contributed by atoms with Crippen LogP contribution in [-0.4, -0.2) is 24.1 Å². The maximum Gasteiger partial charge on any atom is 2.00 e. The van der Waals surface area contributed by atoms with Gasteiger partial charge in [-0.15, -0.1) is 23.8 Å². The minimum atomic E-state index is 0. The molecule has 5 heterocycles. The van der Waals surface area contributed by atoms with E-state index < -0.39 is 0 Å². The van der Waals surface area contributed by atoms with Gasteiger partial charge in [0.1, 0.15) is 16.7 Å². The van der Waals surface area contributed by atoms with E-state index in [-0.39, 0.29) is 44.7 Å². The van der Waals surface area contributed by atoms with Gasteiger partial charge >= 0.3 is 21.1 Å². The molecule has 0 radical (unpaired) electrons. The average Bonchev–Trinajstić information content (AvgIpc) is 4.24. The van der Waals surface area contributed by atoms with Crippen molar-refractivity contribution in [2.45, 2.75) is 86.0 Å². The summed E-state index contributed by atoms with van der Waals surface area (Å²) in [6.45, 7) is 20.2. The summed E-state index contributed by atoms with van der Waals surface area (Å²) in [7, 11) is 0. The van der Waals surface area contributed by atoms with E-state index in [1.165, 1.54) is 44.5 Å². The number of furan rings is 2. The van der Waals surface area contributed by atoms with E-state index in [1.54, 1.807) is 0 Å². The Morgan fingerprint density at radius 2 is 0.940 bits per heavy atom. The second-order valence-corrected chi connectivity index (χ2v) is 22.9. The molecule has 0 fully saturated rings. The summed E-state index contributed by atoms with van der Waals surface area (Å²) in [5.74, 6) is 3.12. The third-order valence-corrected chi connectivity index (χ3v) is 16.2. The monoisotopic (exact) mass is 1260 g/mol. The molecular formula is C74H61N5O3Pt. The van der Waals surface area contributed by atoms with E-state index in [0.29, 0.717) is 39.6 Å². The van der Waals surface area contributed by atoms with Gasteiger partial charge in [-0.1, -0.05) is 176 Å². The number of aromatic nitrogens is 5. The fourth-order valence-corrected chi connectivity index (χ4v) is 12.2. The quantitative estimate of drug-likeness (QED) is 0.113. The van der Waals surface area contributed by atoms with Crippen molar-refractivity contribution in [2.75, 3.05) is 0 Å². The van der Waals surface area contributed by atoms with Crippen LogP contribution >= 0.6 is 0 Å². The molecule has 83 heavy (non-hydrogen) atoms. The van der Waals surface area contributed by atoms with Crippen molar-refractivity contribution in [3.05, 3.63) is 222 Å². The number of benzene rings is 9. The van der Waals surface area contributed by atoms with E-state index in [0.717, 1.165) is 77.8 Å². The van der Waals surface area contributed by atoms with Crippen molar-refractivity contribution >= 4 is 66.1 Å². The molecule has 14 rings (SSSR count). The van der Waals surface area contributed by atoms with Crippen molar-refractivity contribution < 1.29 is 34.6 Å². The van der Waals surface area contributed by atoms with E-state index in [1.807, 2.05) is 49.4 Å². The molecule has 0 amide bonds. The van der Waals surface area contributed by atoms with Crippen LogP contribution in [0.5, 0.6) is 11.5 Å². The number of rotatable bonds is 12. The molecule has 9 aromatic carbocycles. The molecule has 0 aliphatic rings. The third kappa shape index (κ3) is 9.06. The largest absolute Gasteiger partial charge is 2.00 e. The standard InChI is InChI=1S/C74H61N5O3.Pt/c1-42(2)55-36-50(47-23-12-10-13-24-47)37-56(43(3)4)68(55)78-63-32-19-17-30-61(63)76-73(78)49-27-22-28-52(35-49)80-53-40-59-66-70(46(9)75-67-54-29-16-21-34-65(54)81-72(66)67)82-71(59)60(41-53)74-77-62-31-18-20-33-64(62)79(74)69-57(44(5)6)38-51(39-58(69)45(7)8)48-25-14-11-15-26-48;/h10-34,36-40,42-45H,1-9H3;/q-2;+2. The molecule has 0 saturated carbocycles. The maximum atomic E-state index is 7.17. The Morgan fingerprint density at radius 3 is 1.51 bits per heavy atom. The molecule has 0 atom stereocenters. The van der Waals surface area contributed by atoms with Gasteiger partial charge in [0.25, 0.3) is 0 Å². The second-order valence-electron chi connectivity index (χ2n) is 22.9. The molecular weight excluding hydrogens is 1200 g/mol. The smallest absolute Gasteiger partial charge is 0.498 e. The predicted octanol–water partition coefficient (Wildman–Crippen LogP) is 20.4. The van der Waals surface area contributed by atoms with Gasteiger partial charge in [0.15, 0.2) is 5.58 Å². The van der Waals surface area contributed by atoms with Crippen LogP contribution in [0.1, 0.15) is 107 Å². The zero-order valence-electron chi connectivity index (χ0n) is 47.9. The first-order chi connectivity index (χ1) is 39.9. The number of nitrogens with zero attached hydrogens (tertiary/aromatic N) is 5. The first-order valence-corrected chi connectivity index (χ1v) is 28.6. The van der Waals surface area contributed by atoms with E-state index in [9.17, 15) is 0 Å². The summed E-state index contributed by atoms with van der Waals surface area (Å²) >= 11 is 0. The fraction of sp³-hybridized carbons (Fsp3) is 0.176. The molecule has 0 unspecified atom stereocenters. The number of aryl methyl sites for hydroxylation is 1. The topological polar surface area (TPSA) is 84.0 Å². The molecule has 5 aromatic heterocycles. The van der Waals surface area contributed by atoms with E-state index in [4.69, 9.17) is 28.5 Å². The Balaban J connectivity index is 0.00000645. The van der Waals surface area contributed by atoms with Crippen molar-refractivity contribution in [1.82, 2.24) is 24.1 Å². The van der Waals surface area contributed by atoms with Gasteiger partial charge in [0.05, 0.1) is 50.4 Å². The van der Waals surface area contributed by atoms with Gasteiger partial charge in [-0.25, -0.2) is 4.98 Å².